The van der Waals surface area contributed by atoms with Crippen molar-refractivity contribution in [3.05, 3.63) is 34.6 Å². The first-order chi connectivity index (χ1) is 7.06. The lowest BCUT2D eigenvalue weighted by molar-refractivity contribution is 0.0975. The zero-order valence-electron chi connectivity index (χ0n) is 9.56. The van der Waals surface area contributed by atoms with Crippen LogP contribution in [0.1, 0.15) is 47.7 Å². The van der Waals surface area contributed by atoms with Gasteiger partial charge in [-0.3, -0.25) is 4.79 Å². The van der Waals surface area contributed by atoms with E-state index in [9.17, 15) is 9.18 Å². The molecule has 0 aliphatic heterocycles. The van der Waals surface area contributed by atoms with Crippen molar-refractivity contribution in [2.45, 2.75) is 40.0 Å². The molecule has 0 radical (unpaired) electrons. The fourth-order valence-corrected chi connectivity index (χ4v) is 1.73. The molecule has 1 aromatic carbocycles. The maximum Gasteiger partial charge on any atom is 0.166 e. The number of ketones is 1. The second-order valence-corrected chi connectivity index (χ2v) is 3.97. The molecule has 1 rings (SSSR count). The van der Waals surface area contributed by atoms with E-state index in [0.717, 1.165) is 24.0 Å². The van der Waals surface area contributed by atoms with Gasteiger partial charge in [-0.25, -0.2) is 4.39 Å². The fraction of sp³-hybridized carbons (Fsp3) is 0.462. The van der Waals surface area contributed by atoms with E-state index in [4.69, 9.17) is 0 Å². The van der Waals surface area contributed by atoms with Crippen LogP contribution in [0.25, 0.3) is 0 Å². The van der Waals surface area contributed by atoms with Gasteiger partial charge in [0.15, 0.2) is 5.78 Å². The molecule has 0 fully saturated rings. The van der Waals surface area contributed by atoms with Crippen LogP contribution >= 0.6 is 0 Å². The molecule has 0 saturated heterocycles. The predicted octanol–water partition coefficient (Wildman–Crippen LogP) is 3.82. The molecule has 0 amide bonds. The molecule has 2 heteroatoms. The molecule has 0 bridgehead atoms. The van der Waals surface area contributed by atoms with Crippen LogP contribution < -0.4 is 0 Å². The van der Waals surface area contributed by atoms with E-state index < -0.39 is 0 Å². The van der Waals surface area contributed by atoms with Crippen LogP contribution in [0.15, 0.2) is 12.1 Å². The van der Waals surface area contributed by atoms with Crippen LogP contribution in [-0.2, 0) is 0 Å². The molecule has 0 saturated carbocycles. The molecule has 0 spiro atoms. The number of aryl methyl sites for hydroxylation is 2. The molecule has 0 heterocycles. The number of carbonyl (C=O) groups is 1. The van der Waals surface area contributed by atoms with Gasteiger partial charge in [0.05, 0.1) is 5.56 Å². The molecular weight excluding hydrogens is 191 g/mol. The van der Waals surface area contributed by atoms with E-state index in [1.165, 1.54) is 6.07 Å². The highest BCUT2D eigenvalue weighted by Crippen LogP contribution is 2.18. The first-order valence-corrected chi connectivity index (χ1v) is 5.36. The summed E-state index contributed by atoms with van der Waals surface area (Å²) in [4.78, 5) is 11.7. The molecule has 15 heavy (non-hydrogen) atoms. The van der Waals surface area contributed by atoms with E-state index in [-0.39, 0.29) is 17.2 Å². The van der Waals surface area contributed by atoms with Gasteiger partial charge in [-0.05, 0) is 37.5 Å². The lowest BCUT2D eigenvalue weighted by atomic mass is 9.98. The topological polar surface area (TPSA) is 17.1 Å². The zero-order valence-corrected chi connectivity index (χ0v) is 9.56. The Kier molecular flexibility index (Phi) is 4.01. The predicted molar refractivity (Wildman–Crippen MR) is 59.7 cm³/mol. The van der Waals surface area contributed by atoms with Crippen LogP contribution in [0.4, 0.5) is 4.39 Å². The van der Waals surface area contributed by atoms with E-state index in [1.807, 2.05) is 19.9 Å². The molecule has 1 aromatic rings. The fourth-order valence-electron chi connectivity index (χ4n) is 1.73. The smallest absolute Gasteiger partial charge is 0.166 e. The van der Waals surface area contributed by atoms with Crippen LogP contribution in [0, 0.1) is 19.7 Å². The summed E-state index contributed by atoms with van der Waals surface area (Å²) < 4.78 is 13.6. The first kappa shape index (κ1) is 11.9. The maximum atomic E-state index is 13.6. The van der Waals surface area contributed by atoms with Crippen molar-refractivity contribution in [1.29, 1.82) is 0 Å². The monoisotopic (exact) mass is 208 g/mol. The minimum Gasteiger partial charge on any atom is -0.294 e. The number of halogens is 1. The highest BCUT2D eigenvalue weighted by atomic mass is 19.1. The van der Waals surface area contributed by atoms with Crippen LogP contribution in [-0.4, -0.2) is 5.78 Å². The van der Waals surface area contributed by atoms with Gasteiger partial charge < -0.3 is 0 Å². The third-order valence-corrected chi connectivity index (χ3v) is 2.47. The van der Waals surface area contributed by atoms with Crippen molar-refractivity contribution in [3.8, 4) is 0 Å². The molecule has 0 unspecified atom stereocenters. The molecule has 0 aliphatic carbocycles. The highest BCUT2D eigenvalue weighted by Gasteiger charge is 2.14. The zero-order chi connectivity index (χ0) is 11.4. The summed E-state index contributed by atoms with van der Waals surface area (Å²) in [5.41, 5.74) is 1.87. The number of rotatable bonds is 4. The molecule has 0 N–H and O–H groups in total. The van der Waals surface area contributed by atoms with Gasteiger partial charge >= 0.3 is 0 Å². The number of unbranched alkanes of at least 4 members (excludes halogenated alkanes) is 1. The van der Waals surface area contributed by atoms with E-state index in [0.29, 0.717) is 6.42 Å². The molecule has 0 atom stereocenters. The molecule has 0 aliphatic rings. The Morgan fingerprint density at radius 2 is 2.00 bits per heavy atom. The number of hydrogen-bond donors (Lipinski definition) is 0. The second kappa shape index (κ2) is 5.06. The Bertz CT molecular complexity index is 346. The molecule has 1 nitrogen and oxygen atoms in total. The average molecular weight is 208 g/mol. The van der Waals surface area contributed by atoms with Gasteiger partial charge in [-0.1, -0.05) is 19.4 Å². The first-order valence-electron chi connectivity index (χ1n) is 5.36. The summed E-state index contributed by atoms with van der Waals surface area (Å²) in [6.45, 7) is 5.64. The Morgan fingerprint density at radius 3 is 2.53 bits per heavy atom. The quantitative estimate of drug-likeness (QED) is 0.687. The van der Waals surface area contributed by atoms with Crippen molar-refractivity contribution >= 4 is 5.78 Å². The second-order valence-electron chi connectivity index (χ2n) is 3.97. The lowest BCUT2D eigenvalue weighted by Crippen LogP contribution is -2.05. The average Bonchev–Trinajstić information content (AvgIpc) is 2.12. The van der Waals surface area contributed by atoms with Crippen LogP contribution in [0.3, 0.4) is 0 Å². The largest absolute Gasteiger partial charge is 0.294 e. The summed E-state index contributed by atoms with van der Waals surface area (Å²) >= 11 is 0. The van der Waals surface area contributed by atoms with Crippen LogP contribution in [0.5, 0.6) is 0 Å². The van der Waals surface area contributed by atoms with Crippen molar-refractivity contribution in [2.75, 3.05) is 0 Å². The molecule has 82 valence electrons. The molecular formula is C13H17FO. The summed E-state index contributed by atoms with van der Waals surface area (Å²) in [6.07, 6.45) is 2.22. The number of benzene rings is 1. The van der Waals surface area contributed by atoms with Crippen LogP contribution in [0.2, 0.25) is 0 Å². The summed E-state index contributed by atoms with van der Waals surface area (Å²) in [7, 11) is 0. The minimum atomic E-state index is -0.381. The highest BCUT2D eigenvalue weighted by molar-refractivity contribution is 5.97. The van der Waals surface area contributed by atoms with E-state index >= 15 is 0 Å². The van der Waals surface area contributed by atoms with Crippen molar-refractivity contribution in [1.82, 2.24) is 0 Å². The van der Waals surface area contributed by atoms with Gasteiger partial charge in [-0.2, -0.15) is 0 Å². The Morgan fingerprint density at radius 1 is 1.33 bits per heavy atom. The van der Waals surface area contributed by atoms with Crippen molar-refractivity contribution in [3.63, 3.8) is 0 Å². The Balaban J connectivity index is 2.98. The van der Waals surface area contributed by atoms with Gasteiger partial charge in [0.2, 0.25) is 0 Å². The minimum absolute atomic E-state index is 0.0770. The van der Waals surface area contributed by atoms with Crippen molar-refractivity contribution in [2.24, 2.45) is 0 Å². The SMILES string of the molecule is CCCCC(=O)c1c(C)cc(C)cc1F. The number of Topliss-reactive ketones (excluding diaryl/α,β-unsaturated/α-hetero) is 1. The maximum absolute atomic E-state index is 13.6. The Hall–Kier alpha value is -1.18. The van der Waals surface area contributed by atoms with Gasteiger partial charge in [0, 0.05) is 6.42 Å². The standard InChI is InChI=1S/C13H17FO/c1-4-5-6-12(15)13-10(3)7-9(2)8-11(13)14/h7-8H,4-6H2,1-3H3. The van der Waals surface area contributed by atoms with Gasteiger partial charge in [0.1, 0.15) is 5.82 Å². The summed E-state index contributed by atoms with van der Waals surface area (Å²) in [5.74, 6) is -0.458. The van der Waals surface area contributed by atoms with E-state index in [2.05, 4.69) is 0 Å². The summed E-state index contributed by atoms with van der Waals surface area (Å²) in [5, 5.41) is 0. The van der Waals surface area contributed by atoms with Gasteiger partial charge in [-0.15, -0.1) is 0 Å². The summed E-state index contributed by atoms with van der Waals surface area (Å²) in [6, 6.07) is 3.27. The van der Waals surface area contributed by atoms with E-state index in [1.54, 1.807) is 6.92 Å². The number of carbonyl (C=O) groups excluding carboxylic acids is 1. The molecule has 0 aromatic heterocycles. The normalized spacial score (nSPS) is 10.4. The third kappa shape index (κ3) is 2.88. The number of hydrogen-bond acceptors (Lipinski definition) is 1. The van der Waals surface area contributed by atoms with Crippen molar-refractivity contribution < 1.29 is 9.18 Å². The Labute approximate surface area is 90.3 Å². The lowest BCUT2D eigenvalue weighted by Gasteiger charge is -2.07. The third-order valence-electron chi connectivity index (χ3n) is 2.47. The van der Waals surface area contributed by atoms with Gasteiger partial charge in [0.25, 0.3) is 0 Å².